The summed E-state index contributed by atoms with van der Waals surface area (Å²) in [6.07, 6.45) is 30.1. The van der Waals surface area contributed by atoms with Crippen LogP contribution in [-0.2, 0) is 12.8 Å². The summed E-state index contributed by atoms with van der Waals surface area (Å²) in [5.41, 5.74) is 3.08. The monoisotopic (exact) mass is 932 g/mol. The number of rotatable bonds is 29. The standard InChI is InChI=1S/C56H69PS5/c1-3-5-7-9-11-13-15-17-19-23-29-44-39-41-58-54(44)50-36-35-49(60-50)53-43-48(57(46-31-25-21-26-32-46)47-33-27-22-28-34-47)56(62-53)52-38-37-51(61-52)55-45(40-42-59-55)30-24-20-18-16-14-12-10-8-6-4-2/h21-22,25-28,31-43H,3-20,23-24,29-30H2,1-2H3. The Kier molecular flexibility index (Phi) is 20.1. The number of unbranched alkanes of at least 4 members (excludes halogenated alkanes) is 18. The first-order valence-corrected chi connectivity index (χ1v) is 29.7. The molecule has 0 N–H and O–H groups in total. The number of hydrogen-bond donors (Lipinski definition) is 0. The number of thiophene rings is 5. The molecule has 0 radical (unpaired) electrons. The van der Waals surface area contributed by atoms with Crippen molar-refractivity contribution in [1.29, 1.82) is 0 Å². The van der Waals surface area contributed by atoms with Crippen molar-refractivity contribution in [3.63, 3.8) is 0 Å². The van der Waals surface area contributed by atoms with Crippen LogP contribution < -0.4 is 15.9 Å². The van der Waals surface area contributed by atoms with Crippen molar-refractivity contribution in [3.05, 3.63) is 125 Å². The zero-order valence-electron chi connectivity index (χ0n) is 37.5. The number of aryl methyl sites for hydroxylation is 2. The topological polar surface area (TPSA) is 0 Å². The second-order valence-corrected chi connectivity index (χ2v) is 24.3. The molecule has 5 heterocycles. The Hall–Kier alpha value is -2.63. The highest BCUT2D eigenvalue weighted by atomic mass is 32.1. The van der Waals surface area contributed by atoms with E-state index in [9.17, 15) is 0 Å². The highest BCUT2D eigenvalue weighted by Crippen LogP contribution is 2.49. The average molecular weight is 933 g/mol. The lowest BCUT2D eigenvalue weighted by Crippen LogP contribution is -2.20. The van der Waals surface area contributed by atoms with Gasteiger partial charge in [0.15, 0.2) is 0 Å². The Bertz CT molecular complexity index is 2230. The normalized spacial score (nSPS) is 11.7. The van der Waals surface area contributed by atoms with Crippen molar-refractivity contribution in [3.8, 4) is 39.0 Å². The molecule has 62 heavy (non-hydrogen) atoms. The summed E-state index contributed by atoms with van der Waals surface area (Å²) in [5, 5.41) is 8.95. The third kappa shape index (κ3) is 13.7. The van der Waals surface area contributed by atoms with E-state index in [4.69, 9.17) is 0 Å². The molecule has 0 fully saturated rings. The molecule has 5 aromatic heterocycles. The lowest BCUT2D eigenvalue weighted by Gasteiger charge is -2.19. The summed E-state index contributed by atoms with van der Waals surface area (Å²) >= 11 is 9.88. The molecular formula is C56H69PS5. The van der Waals surface area contributed by atoms with E-state index < -0.39 is 7.92 Å². The van der Waals surface area contributed by atoms with Crippen LogP contribution in [0, 0.1) is 0 Å². The van der Waals surface area contributed by atoms with Gasteiger partial charge in [-0.2, -0.15) is 0 Å². The predicted octanol–water partition coefficient (Wildman–Crippen LogP) is 19.3. The summed E-state index contributed by atoms with van der Waals surface area (Å²) in [7, 11) is -0.746. The second kappa shape index (κ2) is 26.4. The van der Waals surface area contributed by atoms with Crippen LogP contribution in [0.25, 0.3) is 39.0 Å². The van der Waals surface area contributed by atoms with E-state index >= 15 is 0 Å². The molecule has 2 aromatic carbocycles. The Morgan fingerprint density at radius 3 is 1.19 bits per heavy atom. The lowest BCUT2D eigenvalue weighted by molar-refractivity contribution is 0.556. The van der Waals surface area contributed by atoms with Crippen molar-refractivity contribution >= 4 is 80.5 Å². The number of hydrogen-bond acceptors (Lipinski definition) is 5. The van der Waals surface area contributed by atoms with Gasteiger partial charge in [-0.05, 0) is 109 Å². The largest absolute Gasteiger partial charge is 0.143 e. The maximum atomic E-state index is 2.57. The molecule has 0 unspecified atom stereocenters. The van der Waals surface area contributed by atoms with Gasteiger partial charge in [0, 0.05) is 39.4 Å². The minimum atomic E-state index is -0.746. The van der Waals surface area contributed by atoms with Gasteiger partial charge in [0.2, 0.25) is 0 Å². The van der Waals surface area contributed by atoms with Crippen molar-refractivity contribution in [2.24, 2.45) is 0 Å². The first kappa shape index (κ1) is 47.3. The fourth-order valence-corrected chi connectivity index (χ4v) is 17.2. The zero-order chi connectivity index (χ0) is 42.6. The first-order chi connectivity index (χ1) is 30.7. The fraction of sp³-hybridized carbons (Fsp3) is 0.429. The highest BCUT2D eigenvalue weighted by molar-refractivity contribution is 7.80. The first-order valence-electron chi connectivity index (χ1n) is 24.1. The molecule has 328 valence electrons. The van der Waals surface area contributed by atoms with Gasteiger partial charge in [-0.15, -0.1) is 56.7 Å². The van der Waals surface area contributed by atoms with E-state index in [-0.39, 0.29) is 0 Å². The average Bonchev–Trinajstić information content (AvgIpc) is 4.17. The van der Waals surface area contributed by atoms with Gasteiger partial charge in [0.25, 0.3) is 0 Å². The van der Waals surface area contributed by atoms with Crippen LogP contribution in [0.15, 0.2) is 114 Å². The molecule has 7 rings (SSSR count). The van der Waals surface area contributed by atoms with Crippen LogP contribution >= 0.6 is 64.6 Å². The van der Waals surface area contributed by atoms with Gasteiger partial charge < -0.3 is 0 Å². The van der Waals surface area contributed by atoms with Crippen LogP contribution in [0.2, 0.25) is 0 Å². The van der Waals surface area contributed by atoms with Crippen LogP contribution in [0.4, 0.5) is 0 Å². The molecule has 0 bridgehead atoms. The van der Waals surface area contributed by atoms with E-state index in [0.717, 1.165) is 0 Å². The van der Waals surface area contributed by atoms with Crippen LogP contribution in [0.1, 0.15) is 153 Å². The molecule has 0 aliphatic heterocycles. The molecule has 0 aliphatic rings. The van der Waals surface area contributed by atoms with Crippen molar-refractivity contribution in [1.82, 2.24) is 0 Å². The van der Waals surface area contributed by atoms with Crippen molar-refractivity contribution in [2.75, 3.05) is 0 Å². The van der Waals surface area contributed by atoms with Gasteiger partial charge in [-0.3, -0.25) is 0 Å². The second-order valence-electron chi connectivity index (χ2n) is 17.1. The molecular weight excluding hydrogens is 864 g/mol. The Morgan fingerprint density at radius 2 is 0.742 bits per heavy atom. The molecule has 0 amide bonds. The van der Waals surface area contributed by atoms with E-state index in [2.05, 4.69) is 128 Å². The van der Waals surface area contributed by atoms with E-state index in [1.165, 1.54) is 202 Å². The Morgan fingerprint density at radius 1 is 0.355 bits per heavy atom. The summed E-state index contributed by atoms with van der Waals surface area (Å²) in [6, 6.07) is 39.6. The highest BCUT2D eigenvalue weighted by Gasteiger charge is 2.26. The van der Waals surface area contributed by atoms with E-state index in [0.29, 0.717) is 0 Å². The van der Waals surface area contributed by atoms with Gasteiger partial charge in [-0.25, -0.2) is 0 Å². The molecule has 0 aliphatic carbocycles. The minimum Gasteiger partial charge on any atom is -0.143 e. The maximum Gasteiger partial charge on any atom is 0.0533 e. The third-order valence-corrected chi connectivity index (χ3v) is 20.8. The molecule has 0 spiro atoms. The Labute approximate surface area is 396 Å². The Balaban J connectivity index is 1.08. The summed E-state index contributed by atoms with van der Waals surface area (Å²) in [4.78, 5) is 11.4. The third-order valence-electron chi connectivity index (χ3n) is 12.2. The van der Waals surface area contributed by atoms with Crippen molar-refractivity contribution in [2.45, 2.75) is 155 Å². The molecule has 0 saturated carbocycles. The van der Waals surface area contributed by atoms with E-state index in [1.54, 1.807) is 5.56 Å². The van der Waals surface area contributed by atoms with Crippen LogP contribution in [-0.4, -0.2) is 0 Å². The summed E-state index contributed by atoms with van der Waals surface area (Å²) in [6.45, 7) is 4.61. The smallest absolute Gasteiger partial charge is 0.0533 e. The van der Waals surface area contributed by atoms with Crippen LogP contribution in [0.5, 0.6) is 0 Å². The molecule has 7 aromatic rings. The molecule has 0 saturated heterocycles. The van der Waals surface area contributed by atoms with Gasteiger partial charge in [0.1, 0.15) is 0 Å². The van der Waals surface area contributed by atoms with E-state index in [1.807, 2.05) is 56.7 Å². The molecule has 0 atom stereocenters. The van der Waals surface area contributed by atoms with Crippen LogP contribution in [0.3, 0.4) is 0 Å². The minimum absolute atomic E-state index is 0.746. The van der Waals surface area contributed by atoms with Crippen molar-refractivity contribution < 1.29 is 0 Å². The predicted molar refractivity (Wildman–Crippen MR) is 287 cm³/mol. The fourth-order valence-electron chi connectivity index (χ4n) is 8.70. The SMILES string of the molecule is CCCCCCCCCCCCc1ccsc1-c1ccc(-c2cc(P(c3ccccc3)c3ccccc3)c(-c3ccc(-c4sccc4CCCCCCCCCCCC)s3)s2)s1. The number of benzene rings is 2. The summed E-state index contributed by atoms with van der Waals surface area (Å²) in [5.74, 6) is 0. The lowest BCUT2D eigenvalue weighted by atomic mass is 10.0. The molecule has 6 heteroatoms. The molecule has 0 nitrogen and oxygen atoms in total. The van der Waals surface area contributed by atoms with Gasteiger partial charge in [-0.1, -0.05) is 190 Å². The zero-order valence-corrected chi connectivity index (χ0v) is 42.5. The summed E-state index contributed by atoms with van der Waals surface area (Å²) < 4.78 is 0. The quantitative estimate of drug-likeness (QED) is 0.0324. The van der Waals surface area contributed by atoms with Gasteiger partial charge >= 0.3 is 0 Å². The van der Waals surface area contributed by atoms with Gasteiger partial charge in [0.05, 0.1) is 4.88 Å². The maximum absolute atomic E-state index is 2.57.